The highest BCUT2D eigenvalue weighted by Crippen LogP contribution is 2.34. The first-order valence-corrected chi connectivity index (χ1v) is 8.57. The van der Waals surface area contributed by atoms with E-state index in [0.717, 1.165) is 18.2 Å². The molecule has 3 rings (SSSR count). The molecule has 0 aromatic heterocycles. The fourth-order valence-electron chi connectivity index (χ4n) is 2.89. The van der Waals surface area contributed by atoms with Crippen molar-refractivity contribution in [2.45, 2.75) is 12.4 Å². The van der Waals surface area contributed by atoms with Crippen LogP contribution in [0.1, 0.15) is 21.5 Å². The van der Waals surface area contributed by atoms with E-state index in [9.17, 15) is 31.1 Å². The molecule has 1 saturated heterocycles. The van der Waals surface area contributed by atoms with Crippen molar-refractivity contribution in [1.29, 1.82) is 0 Å². The van der Waals surface area contributed by atoms with Crippen LogP contribution in [-0.4, -0.2) is 32.2 Å². The van der Waals surface area contributed by atoms with Crippen LogP contribution in [0.15, 0.2) is 42.5 Å². The van der Waals surface area contributed by atoms with Gasteiger partial charge in [0, 0.05) is 30.0 Å². The number of nitrogens with zero attached hydrogens (tertiary/aromatic N) is 1. The van der Waals surface area contributed by atoms with Gasteiger partial charge in [0.15, 0.2) is 0 Å². The topological polar surface area (TPSA) is 41.6 Å². The summed E-state index contributed by atoms with van der Waals surface area (Å²) >= 11 is 0. The molecule has 0 radical (unpaired) electrons. The first-order chi connectivity index (χ1) is 13.5. The number of rotatable bonds is 3. The number of carbonyl (C=O) groups is 1. The van der Waals surface area contributed by atoms with Gasteiger partial charge in [0.05, 0.1) is 24.3 Å². The second-order valence-corrected chi connectivity index (χ2v) is 6.40. The van der Waals surface area contributed by atoms with Gasteiger partial charge < -0.3 is 15.0 Å². The van der Waals surface area contributed by atoms with E-state index < -0.39 is 29.4 Å². The third kappa shape index (κ3) is 5.20. The molecular weight excluding hydrogens is 402 g/mol. The molecule has 1 fully saturated rings. The fourth-order valence-corrected chi connectivity index (χ4v) is 2.89. The summed E-state index contributed by atoms with van der Waals surface area (Å²) in [4.78, 5) is 14.1. The number of nitrogens with one attached hydrogen (secondary N) is 1. The lowest BCUT2D eigenvalue weighted by Crippen LogP contribution is -2.36. The van der Waals surface area contributed by atoms with Gasteiger partial charge in [0.1, 0.15) is 0 Å². The first kappa shape index (κ1) is 21.0. The Bertz CT molecular complexity index is 889. The minimum Gasteiger partial charge on any atom is -0.378 e. The van der Waals surface area contributed by atoms with Gasteiger partial charge in [-0.05, 0) is 36.4 Å². The molecule has 2 aromatic rings. The summed E-state index contributed by atoms with van der Waals surface area (Å²) in [6, 6.07) is 6.76. The van der Waals surface area contributed by atoms with Crippen LogP contribution in [0, 0.1) is 0 Å². The molecule has 0 bridgehead atoms. The van der Waals surface area contributed by atoms with Crippen LogP contribution < -0.4 is 10.2 Å². The number of hydrogen-bond acceptors (Lipinski definition) is 3. The Labute approximate surface area is 162 Å². The van der Waals surface area contributed by atoms with Crippen molar-refractivity contribution in [2.24, 2.45) is 0 Å². The number of benzene rings is 2. The normalized spacial score (nSPS) is 15.3. The predicted molar refractivity (Wildman–Crippen MR) is 93.9 cm³/mol. The van der Waals surface area contributed by atoms with Crippen LogP contribution in [0.5, 0.6) is 0 Å². The average Bonchev–Trinajstić information content (AvgIpc) is 2.67. The van der Waals surface area contributed by atoms with Crippen LogP contribution in [0.3, 0.4) is 0 Å². The van der Waals surface area contributed by atoms with E-state index in [2.05, 4.69) is 5.32 Å². The van der Waals surface area contributed by atoms with Crippen molar-refractivity contribution in [3.63, 3.8) is 0 Å². The Balaban J connectivity index is 1.91. The standard InChI is InChI=1S/C19H16F6N2O2/c20-18(21,22)13-2-1-3-15(10-13)26-17(28)12-8-14(19(23,24)25)11-16(9-12)27-4-6-29-7-5-27/h1-3,8-11H,4-7H2,(H,26,28). The number of halogens is 6. The summed E-state index contributed by atoms with van der Waals surface area (Å²) in [5.74, 6) is -0.940. The highest BCUT2D eigenvalue weighted by molar-refractivity contribution is 6.05. The summed E-state index contributed by atoms with van der Waals surface area (Å²) in [6.45, 7) is 1.38. The van der Waals surface area contributed by atoms with E-state index in [0.29, 0.717) is 38.4 Å². The molecule has 0 atom stereocenters. The van der Waals surface area contributed by atoms with Crippen molar-refractivity contribution < 1.29 is 35.9 Å². The second kappa shape index (κ2) is 7.94. The lowest BCUT2D eigenvalue weighted by Gasteiger charge is -2.29. The molecule has 0 saturated carbocycles. The zero-order valence-corrected chi connectivity index (χ0v) is 14.9. The summed E-state index contributed by atoms with van der Waals surface area (Å²) in [7, 11) is 0. The van der Waals surface area contributed by atoms with E-state index in [-0.39, 0.29) is 16.9 Å². The van der Waals surface area contributed by atoms with Gasteiger partial charge in [-0.15, -0.1) is 0 Å². The minimum absolute atomic E-state index is 0.171. The van der Waals surface area contributed by atoms with Crippen LogP contribution in [0.4, 0.5) is 37.7 Å². The SMILES string of the molecule is O=C(Nc1cccc(C(F)(F)F)c1)c1cc(N2CCOCC2)cc(C(F)(F)F)c1. The Morgan fingerprint density at radius 3 is 2.17 bits per heavy atom. The number of hydrogen-bond donors (Lipinski definition) is 1. The van der Waals surface area contributed by atoms with E-state index in [1.165, 1.54) is 12.1 Å². The van der Waals surface area contributed by atoms with E-state index >= 15 is 0 Å². The van der Waals surface area contributed by atoms with Crippen molar-refractivity contribution in [3.05, 3.63) is 59.2 Å². The van der Waals surface area contributed by atoms with Crippen LogP contribution in [0.25, 0.3) is 0 Å². The molecule has 0 spiro atoms. The maximum atomic E-state index is 13.3. The summed E-state index contributed by atoms with van der Waals surface area (Å²) < 4.78 is 83.5. The quantitative estimate of drug-likeness (QED) is 0.728. The molecule has 29 heavy (non-hydrogen) atoms. The molecule has 1 heterocycles. The highest BCUT2D eigenvalue weighted by Gasteiger charge is 2.33. The summed E-state index contributed by atoms with van der Waals surface area (Å²) in [6.07, 6.45) is -9.30. The van der Waals surface area contributed by atoms with Crippen molar-refractivity contribution in [3.8, 4) is 0 Å². The van der Waals surface area contributed by atoms with Gasteiger partial charge in [0.2, 0.25) is 0 Å². The smallest absolute Gasteiger partial charge is 0.378 e. The largest absolute Gasteiger partial charge is 0.416 e. The molecule has 2 aromatic carbocycles. The zero-order valence-electron chi connectivity index (χ0n) is 14.9. The molecule has 4 nitrogen and oxygen atoms in total. The van der Waals surface area contributed by atoms with Crippen molar-refractivity contribution >= 4 is 17.3 Å². The van der Waals surface area contributed by atoms with Gasteiger partial charge in [-0.2, -0.15) is 26.3 Å². The lowest BCUT2D eigenvalue weighted by atomic mass is 10.1. The van der Waals surface area contributed by atoms with E-state index in [1.54, 1.807) is 4.90 Å². The fraction of sp³-hybridized carbons (Fsp3) is 0.316. The van der Waals surface area contributed by atoms with E-state index in [1.807, 2.05) is 0 Å². The molecule has 156 valence electrons. The molecule has 1 aliphatic heterocycles. The molecule has 1 N–H and O–H groups in total. The maximum absolute atomic E-state index is 13.3. The van der Waals surface area contributed by atoms with Gasteiger partial charge in [-0.3, -0.25) is 4.79 Å². The minimum atomic E-state index is -4.69. The molecule has 10 heteroatoms. The van der Waals surface area contributed by atoms with Gasteiger partial charge in [-0.25, -0.2) is 0 Å². The zero-order chi connectivity index (χ0) is 21.2. The molecule has 1 aliphatic rings. The molecule has 0 unspecified atom stereocenters. The predicted octanol–water partition coefficient (Wildman–Crippen LogP) is 4.81. The third-order valence-corrected chi connectivity index (χ3v) is 4.33. The monoisotopic (exact) mass is 418 g/mol. The van der Waals surface area contributed by atoms with Crippen LogP contribution >= 0.6 is 0 Å². The maximum Gasteiger partial charge on any atom is 0.416 e. The lowest BCUT2D eigenvalue weighted by molar-refractivity contribution is -0.138. The summed E-state index contributed by atoms with van der Waals surface area (Å²) in [5, 5.41) is 2.23. The van der Waals surface area contributed by atoms with Crippen LogP contribution in [-0.2, 0) is 17.1 Å². The number of morpholine rings is 1. The van der Waals surface area contributed by atoms with Crippen molar-refractivity contribution in [1.82, 2.24) is 0 Å². The van der Waals surface area contributed by atoms with Gasteiger partial charge in [-0.1, -0.05) is 6.07 Å². The number of ether oxygens (including phenoxy) is 1. The average molecular weight is 418 g/mol. The second-order valence-electron chi connectivity index (χ2n) is 6.40. The highest BCUT2D eigenvalue weighted by atomic mass is 19.4. The molecule has 0 aliphatic carbocycles. The number of carbonyl (C=O) groups excluding carboxylic acids is 1. The molecule has 1 amide bonds. The third-order valence-electron chi connectivity index (χ3n) is 4.33. The Morgan fingerprint density at radius 2 is 1.55 bits per heavy atom. The summed E-state index contributed by atoms with van der Waals surface area (Å²) in [5.41, 5.74) is -2.28. The Hall–Kier alpha value is -2.75. The number of amides is 1. The first-order valence-electron chi connectivity index (χ1n) is 8.57. The van der Waals surface area contributed by atoms with Gasteiger partial charge in [0.25, 0.3) is 5.91 Å². The van der Waals surface area contributed by atoms with E-state index in [4.69, 9.17) is 4.74 Å². The van der Waals surface area contributed by atoms with Crippen LogP contribution in [0.2, 0.25) is 0 Å². The Kier molecular flexibility index (Phi) is 5.74. The number of anilines is 2. The van der Waals surface area contributed by atoms with Crippen molar-refractivity contribution in [2.75, 3.05) is 36.5 Å². The number of alkyl halides is 6. The Morgan fingerprint density at radius 1 is 0.897 bits per heavy atom. The molecular formula is C19H16F6N2O2. The van der Waals surface area contributed by atoms with Gasteiger partial charge >= 0.3 is 12.4 Å².